The van der Waals surface area contributed by atoms with Crippen LogP contribution in [0.5, 0.6) is 5.75 Å². The number of amides is 1. The van der Waals surface area contributed by atoms with Crippen molar-refractivity contribution in [1.82, 2.24) is 5.32 Å². The Kier molecular flexibility index (Phi) is 3.92. The Morgan fingerprint density at radius 3 is 2.50 bits per heavy atom. The third kappa shape index (κ3) is 3.14. The molecule has 0 bridgehead atoms. The number of rotatable bonds is 4. The first-order chi connectivity index (χ1) is 9.81. The molecule has 2 aromatic carbocycles. The average molecular weight is 285 g/mol. The maximum atomic E-state index is 11.2. The van der Waals surface area contributed by atoms with Gasteiger partial charge in [-0.15, -0.1) is 11.8 Å². The topological polar surface area (TPSA) is 38.3 Å². The first-order valence-electron chi connectivity index (χ1n) is 6.49. The molecule has 20 heavy (non-hydrogen) atoms. The van der Waals surface area contributed by atoms with Gasteiger partial charge in [-0.2, -0.15) is 0 Å². The van der Waals surface area contributed by atoms with E-state index >= 15 is 0 Å². The van der Waals surface area contributed by atoms with Crippen LogP contribution in [-0.4, -0.2) is 11.7 Å². The van der Waals surface area contributed by atoms with Gasteiger partial charge in [0.1, 0.15) is 17.7 Å². The number of benzene rings is 2. The molecule has 1 unspecified atom stereocenters. The third-order valence-electron chi connectivity index (χ3n) is 3.10. The van der Waals surface area contributed by atoms with E-state index < -0.39 is 0 Å². The zero-order valence-corrected chi connectivity index (χ0v) is 11.7. The normalized spacial score (nSPS) is 17.8. The molecule has 1 fully saturated rings. The predicted molar refractivity (Wildman–Crippen MR) is 80.6 cm³/mol. The summed E-state index contributed by atoms with van der Waals surface area (Å²) in [6.07, 6.45) is 0. The second kappa shape index (κ2) is 6.01. The van der Waals surface area contributed by atoms with Crippen LogP contribution in [0.4, 0.5) is 0 Å². The molecule has 0 aromatic heterocycles. The molecule has 3 rings (SSSR count). The summed E-state index contributed by atoms with van der Waals surface area (Å²) in [6, 6.07) is 18.0. The van der Waals surface area contributed by atoms with Crippen molar-refractivity contribution in [3.05, 3.63) is 65.7 Å². The fourth-order valence-electron chi connectivity index (χ4n) is 2.05. The molecule has 3 nitrogen and oxygen atoms in total. The van der Waals surface area contributed by atoms with E-state index in [-0.39, 0.29) is 11.3 Å². The third-order valence-corrected chi connectivity index (χ3v) is 4.26. The number of carbonyl (C=O) groups is 1. The summed E-state index contributed by atoms with van der Waals surface area (Å²) in [5.41, 5.74) is 2.25. The lowest BCUT2D eigenvalue weighted by molar-refractivity contribution is -0.118. The summed E-state index contributed by atoms with van der Waals surface area (Å²) < 4.78 is 5.74. The van der Waals surface area contributed by atoms with Crippen molar-refractivity contribution in [2.75, 3.05) is 5.75 Å². The van der Waals surface area contributed by atoms with Gasteiger partial charge in [0.05, 0.1) is 5.75 Å². The van der Waals surface area contributed by atoms with E-state index in [1.807, 2.05) is 54.6 Å². The minimum absolute atomic E-state index is 0.0747. The van der Waals surface area contributed by atoms with Crippen LogP contribution in [0.2, 0.25) is 0 Å². The Bertz CT molecular complexity index is 583. The van der Waals surface area contributed by atoms with Crippen molar-refractivity contribution in [2.45, 2.75) is 12.0 Å². The summed E-state index contributed by atoms with van der Waals surface area (Å²) in [5.74, 6) is 1.48. The van der Waals surface area contributed by atoms with Gasteiger partial charge >= 0.3 is 0 Å². The largest absolute Gasteiger partial charge is 0.489 e. The molecular formula is C16H15NO2S. The van der Waals surface area contributed by atoms with Crippen molar-refractivity contribution < 1.29 is 9.53 Å². The molecule has 1 N–H and O–H groups in total. The van der Waals surface area contributed by atoms with Gasteiger partial charge in [0.15, 0.2) is 0 Å². The van der Waals surface area contributed by atoms with E-state index in [2.05, 4.69) is 5.32 Å². The highest BCUT2D eigenvalue weighted by molar-refractivity contribution is 8.00. The minimum Gasteiger partial charge on any atom is -0.489 e. The highest BCUT2D eigenvalue weighted by Crippen LogP contribution is 2.31. The van der Waals surface area contributed by atoms with Crippen molar-refractivity contribution in [3.8, 4) is 5.75 Å². The molecule has 0 radical (unpaired) electrons. The maximum absolute atomic E-state index is 11.2. The Labute approximate surface area is 122 Å². The lowest BCUT2D eigenvalue weighted by Crippen LogP contribution is -2.18. The summed E-state index contributed by atoms with van der Waals surface area (Å²) in [6.45, 7) is 0.565. The van der Waals surface area contributed by atoms with Gasteiger partial charge in [-0.1, -0.05) is 42.5 Å². The first-order valence-corrected chi connectivity index (χ1v) is 7.54. The van der Waals surface area contributed by atoms with Crippen molar-refractivity contribution in [2.24, 2.45) is 0 Å². The monoisotopic (exact) mass is 285 g/mol. The molecule has 2 aromatic rings. The van der Waals surface area contributed by atoms with Crippen molar-refractivity contribution >= 4 is 17.7 Å². The Hall–Kier alpha value is -1.94. The summed E-state index contributed by atoms with van der Waals surface area (Å²) in [4.78, 5) is 11.2. The lowest BCUT2D eigenvalue weighted by atomic mass is 10.2. The van der Waals surface area contributed by atoms with Gasteiger partial charge in [0, 0.05) is 0 Å². The molecule has 0 aliphatic carbocycles. The molecule has 1 saturated heterocycles. The second-order valence-electron chi connectivity index (χ2n) is 4.60. The van der Waals surface area contributed by atoms with Crippen molar-refractivity contribution in [1.29, 1.82) is 0 Å². The molecule has 4 heteroatoms. The van der Waals surface area contributed by atoms with Gasteiger partial charge < -0.3 is 10.1 Å². The van der Waals surface area contributed by atoms with Crippen molar-refractivity contribution in [3.63, 3.8) is 0 Å². The molecule has 1 amide bonds. The van der Waals surface area contributed by atoms with E-state index in [4.69, 9.17) is 4.74 Å². The highest BCUT2D eigenvalue weighted by Gasteiger charge is 2.22. The number of ether oxygens (including phenoxy) is 1. The van der Waals surface area contributed by atoms with E-state index in [1.165, 1.54) is 0 Å². The van der Waals surface area contributed by atoms with Crippen LogP contribution in [0.15, 0.2) is 54.6 Å². The molecule has 1 aliphatic heterocycles. The standard InChI is InChI=1S/C16H15NO2S/c18-15-11-20-16(17-15)13-6-8-14(9-7-13)19-10-12-4-2-1-3-5-12/h1-9,16H,10-11H2,(H,17,18). The zero-order chi connectivity index (χ0) is 13.8. The van der Waals surface area contributed by atoms with Crippen LogP contribution < -0.4 is 10.1 Å². The van der Waals surface area contributed by atoms with E-state index in [0.29, 0.717) is 12.4 Å². The smallest absolute Gasteiger partial charge is 0.231 e. The average Bonchev–Trinajstić information content (AvgIpc) is 2.93. The fraction of sp³-hybridized carbons (Fsp3) is 0.188. The van der Waals surface area contributed by atoms with Gasteiger partial charge in [0.2, 0.25) is 5.91 Å². The highest BCUT2D eigenvalue weighted by atomic mass is 32.2. The van der Waals surface area contributed by atoms with Gasteiger partial charge in [-0.05, 0) is 23.3 Å². The molecule has 0 saturated carbocycles. The molecule has 1 aliphatic rings. The Morgan fingerprint density at radius 2 is 1.85 bits per heavy atom. The van der Waals surface area contributed by atoms with Crippen LogP contribution in [0.1, 0.15) is 16.5 Å². The number of nitrogens with one attached hydrogen (secondary N) is 1. The summed E-state index contributed by atoms with van der Waals surface area (Å²) >= 11 is 1.62. The molecular weight excluding hydrogens is 270 g/mol. The van der Waals surface area contributed by atoms with Crippen LogP contribution in [0, 0.1) is 0 Å². The minimum atomic E-state index is 0.0747. The van der Waals surface area contributed by atoms with Crippen LogP contribution in [-0.2, 0) is 11.4 Å². The van der Waals surface area contributed by atoms with Gasteiger partial charge in [-0.3, -0.25) is 4.79 Å². The first kappa shape index (κ1) is 13.1. The van der Waals surface area contributed by atoms with E-state index in [9.17, 15) is 4.79 Å². The number of carbonyl (C=O) groups excluding carboxylic acids is 1. The summed E-state index contributed by atoms with van der Waals surface area (Å²) in [5, 5.41) is 3.01. The number of hydrogen-bond acceptors (Lipinski definition) is 3. The number of thioether (sulfide) groups is 1. The maximum Gasteiger partial charge on any atom is 0.231 e. The predicted octanol–water partition coefficient (Wildman–Crippen LogP) is 3.13. The fourth-order valence-corrected chi connectivity index (χ4v) is 3.01. The number of hydrogen-bond donors (Lipinski definition) is 1. The molecule has 0 spiro atoms. The molecule has 102 valence electrons. The quantitative estimate of drug-likeness (QED) is 0.938. The lowest BCUT2D eigenvalue weighted by Gasteiger charge is -2.11. The Morgan fingerprint density at radius 1 is 1.10 bits per heavy atom. The van der Waals surface area contributed by atoms with Crippen LogP contribution >= 0.6 is 11.8 Å². The summed E-state index contributed by atoms with van der Waals surface area (Å²) in [7, 11) is 0. The van der Waals surface area contributed by atoms with Gasteiger partial charge in [0.25, 0.3) is 0 Å². The van der Waals surface area contributed by atoms with Crippen LogP contribution in [0.25, 0.3) is 0 Å². The second-order valence-corrected chi connectivity index (χ2v) is 5.70. The van der Waals surface area contributed by atoms with Crippen LogP contribution in [0.3, 0.4) is 0 Å². The zero-order valence-electron chi connectivity index (χ0n) is 10.9. The Balaban J connectivity index is 1.60. The van der Waals surface area contributed by atoms with E-state index in [1.54, 1.807) is 11.8 Å². The SMILES string of the molecule is O=C1CSC(c2ccc(OCc3ccccc3)cc2)N1. The molecule has 1 heterocycles. The molecule has 1 atom stereocenters. The van der Waals surface area contributed by atoms with E-state index in [0.717, 1.165) is 16.9 Å². The van der Waals surface area contributed by atoms with Gasteiger partial charge in [-0.25, -0.2) is 0 Å².